The van der Waals surface area contributed by atoms with Crippen molar-refractivity contribution in [3.8, 4) is 0 Å². The maximum Gasteiger partial charge on any atom is 0.241 e. The molecule has 1 aliphatic rings. The molecule has 0 atom stereocenters. The predicted molar refractivity (Wildman–Crippen MR) is 98.5 cm³/mol. The van der Waals surface area contributed by atoms with E-state index < -0.39 is 0 Å². The van der Waals surface area contributed by atoms with Gasteiger partial charge >= 0.3 is 0 Å². The molecule has 1 amide bonds. The van der Waals surface area contributed by atoms with Crippen LogP contribution in [0.25, 0.3) is 10.2 Å². The fourth-order valence-electron chi connectivity index (χ4n) is 3.19. The molecule has 0 spiro atoms. The van der Waals surface area contributed by atoms with Gasteiger partial charge < -0.3 is 4.90 Å². The average Bonchev–Trinajstić information content (AvgIpc) is 3.17. The average molecular weight is 337 g/mol. The number of likely N-dealkylation sites (N-methyl/N-ethyl adjacent to an activating group) is 1. The van der Waals surface area contributed by atoms with Crippen molar-refractivity contribution >= 4 is 33.1 Å². The second kappa shape index (κ2) is 6.34. The third kappa shape index (κ3) is 2.92. The molecule has 3 aromatic rings. The molecule has 4 nitrogen and oxygen atoms in total. The smallest absolute Gasteiger partial charge is 0.241 e. The number of nitrogens with zero attached hydrogens (tertiary/aromatic N) is 3. The van der Waals surface area contributed by atoms with Crippen molar-refractivity contribution in [1.82, 2.24) is 9.88 Å². The van der Waals surface area contributed by atoms with E-state index in [1.807, 2.05) is 53.2 Å². The molecule has 0 aliphatic carbocycles. The Labute approximate surface area is 145 Å². The van der Waals surface area contributed by atoms with Gasteiger partial charge in [-0.25, -0.2) is 4.98 Å². The number of thiazole rings is 1. The summed E-state index contributed by atoms with van der Waals surface area (Å²) in [5.41, 5.74) is 3.36. The van der Waals surface area contributed by atoms with Crippen LogP contribution in [-0.2, 0) is 17.8 Å². The molecule has 0 N–H and O–H groups in total. The second-order valence-corrected chi connectivity index (χ2v) is 7.29. The second-order valence-electron chi connectivity index (χ2n) is 6.17. The van der Waals surface area contributed by atoms with Gasteiger partial charge in [0.25, 0.3) is 0 Å². The monoisotopic (exact) mass is 337 g/mol. The first kappa shape index (κ1) is 15.3. The number of anilines is 1. The Morgan fingerprint density at radius 3 is 2.88 bits per heavy atom. The summed E-state index contributed by atoms with van der Waals surface area (Å²) in [6.07, 6.45) is 0.948. The predicted octanol–water partition coefficient (Wildman–Crippen LogP) is 3.32. The van der Waals surface area contributed by atoms with E-state index in [1.165, 1.54) is 10.3 Å². The van der Waals surface area contributed by atoms with E-state index in [-0.39, 0.29) is 5.91 Å². The molecule has 0 fully saturated rings. The lowest BCUT2D eigenvalue weighted by Crippen LogP contribution is -2.37. The molecule has 5 heteroatoms. The lowest BCUT2D eigenvalue weighted by molar-refractivity contribution is -0.119. The highest BCUT2D eigenvalue weighted by Crippen LogP contribution is 2.27. The lowest BCUT2D eigenvalue weighted by Gasteiger charge is -2.21. The first-order chi connectivity index (χ1) is 11.7. The Kier molecular flexibility index (Phi) is 4.04. The number of carbonyl (C=O) groups is 1. The topological polar surface area (TPSA) is 36.4 Å². The summed E-state index contributed by atoms with van der Waals surface area (Å²) < 4.78 is 1.20. The zero-order valence-corrected chi connectivity index (χ0v) is 14.4. The van der Waals surface area contributed by atoms with Gasteiger partial charge in [0, 0.05) is 12.2 Å². The molecular weight excluding hydrogens is 318 g/mol. The Bertz CT molecular complexity index is 856. The molecule has 2 aromatic carbocycles. The van der Waals surface area contributed by atoms with Crippen LogP contribution in [0.15, 0.2) is 48.5 Å². The number of aromatic nitrogens is 1. The lowest BCUT2D eigenvalue weighted by atomic mass is 10.2. The van der Waals surface area contributed by atoms with Gasteiger partial charge in [-0.2, -0.15) is 0 Å². The van der Waals surface area contributed by atoms with Crippen molar-refractivity contribution in [2.45, 2.75) is 13.0 Å². The zero-order chi connectivity index (χ0) is 16.5. The number of hydrogen-bond donors (Lipinski definition) is 0. The maximum absolute atomic E-state index is 12.6. The first-order valence-electron chi connectivity index (χ1n) is 8.12. The molecule has 24 heavy (non-hydrogen) atoms. The van der Waals surface area contributed by atoms with Crippen LogP contribution in [0.1, 0.15) is 10.6 Å². The van der Waals surface area contributed by atoms with Crippen molar-refractivity contribution < 1.29 is 4.79 Å². The van der Waals surface area contributed by atoms with Crippen LogP contribution < -0.4 is 4.90 Å². The number of carbonyl (C=O) groups excluding carboxylic acids is 1. The van der Waals surface area contributed by atoms with E-state index in [9.17, 15) is 4.79 Å². The Balaban J connectivity index is 1.42. The minimum atomic E-state index is 0.156. The van der Waals surface area contributed by atoms with E-state index in [4.69, 9.17) is 0 Å². The van der Waals surface area contributed by atoms with Crippen molar-refractivity contribution in [3.05, 3.63) is 59.1 Å². The van der Waals surface area contributed by atoms with E-state index in [0.717, 1.165) is 29.2 Å². The van der Waals surface area contributed by atoms with Gasteiger partial charge in [0.1, 0.15) is 5.01 Å². The SMILES string of the molecule is CN(CC(=O)N1CCc2ccccc21)Cc1nc2ccccc2s1. The highest BCUT2D eigenvalue weighted by molar-refractivity contribution is 7.18. The minimum Gasteiger partial charge on any atom is -0.311 e. The van der Waals surface area contributed by atoms with E-state index in [0.29, 0.717) is 13.1 Å². The van der Waals surface area contributed by atoms with Gasteiger partial charge in [-0.1, -0.05) is 30.3 Å². The number of rotatable bonds is 4. The van der Waals surface area contributed by atoms with Gasteiger partial charge in [-0.3, -0.25) is 9.69 Å². The van der Waals surface area contributed by atoms with Crippen LogP contribution >= 0.6 is 11.3 Å². The summed E-state index contributed by atoms with van der Waals surface area (Å²) in [7, 11) is 1.98. The summed E-state index contributed by atoms with van der Waals surface area (Å²) in [6.45, 7) is 1.89. The molecule has 0 bridgehead atoms. The molecule has 2 heterocycles. The van der Waals surface area contributed by atoms with Gasteiger partial charge in [0.2, 0.25) is 5.91 Å². The van der Waals surface area contributed by atoms with Crippen molar-refractivity contribution in [2.75, 3.05) is 25.0 Å². The summed E-state index contributed by atoms with van der Waals surface area (Å²) in [4.78, 5) is 21.2. The third-order valence-electron chi connectivity index (χ3n) is 4.34. The molecule has 4 rings (SSSR count). The van der Waals surface area contributed by atoms with E-state index in [1.54, 1.807) is 11.3 Å². The van der Waals surface area contributed by atoms with Crippen LogP contribution in [0.2, 0.25) is 0 Å². The van der Waals surface area contributed by atoms with Crippen LogP contribution in [0.5, 0.6) is 0 Å². The molecule has 0 radical (unpaired) electrons. The number of para-hydroxylation sites is 2. The highest BCUT2D eigenvalue weighted by Gasteiger charge is 2.24. The van der Waals surface area contributed by atoms with Gasteiger partial charge in [-0.05, 0) is 37.2 Å². The quantitative estimate of drug-likeness (QED) is 0.733. The third-order valence-corrected chi connectivity index (χ3v) is 5.36. The van der Waals surface area contributed by atoms with Crippen LogP contribution in [0.4, 0.5) is 5.69 Å². The van der Waals surface area contributed by atoms with Crippen molar-refractivity contribution in [1.29, 1.82) is 0 Å². The van der Waals surface area contributed by atoms with Crippen molar-refractivity contribution in [2.24, 2.45) is 0 Å². The Hall–Kier alpha value is -2.24. The number of amides is 1. The molecule has 0 saturated carbocycles. The molecule has 0 unspecified atom stereocenters. The molecule has 1 aromatic heterocycles. The first-order valence-corrected chi connectivity index (χ1v) is 8.93. The Morgan fingerprint density at radius 1 is 1.21 bits per heavy atom. The summed E-state index contributed by atoms with van der Waals surface area (Å²) in [5.74, 6) is 0.156. The van der Waals surface area contributed by atoms with Gasteiger partial charge in [0.05, 0.1) is 23.3 Å². The van der Waals surface area contributed by atoms with E-state index in [2.05, 4.69) is 17.1 Å². The summed E-state index contributed by atoms with van der Waals surface area (Å²) in [6, 6.07) is 16.3. The van der Waals surface area contributed by atoms with Crippen LogP contribution in [0.3, 0.4) is 0 Å². The van der Waals surface area contributed by atoms with Crippen LogP contribution in [-0.4, -0.2) is 35.9 Å². The Morgan fingerprint density at radius 2 is 2.00 bits per heavy atom. The normalized spacial score (nSPS) is 13.7. The fourth-order valence-corrected chi connectivity index (χ4v) is 4.24. The summed E-state index contributed by atoms with van der Waals surface area (Å²) >= 11 is 1.70. The summed E-state index contributed by atoms with van der Waals surface area (Å²) in [5, 5.41) is 1.05. The molecule has 1 aliphatic heterocycles. The molecule has 122 valence electrons. The van der Waals surface area contributed by atoms with Gasteiger partial charge in [0.15, 0.2) is 0 Å². The zero-order valence-electron chi connectivity index (χ0n) is 13.6. The molecular formula is C19H19N3OS. The number of benzene rings is 2. The number of hydrogen-bond acceptors (Lipinski definition) is 4. The standard InChI is InChI=1S/C19H19N3OS/c1-21(12-18-20-15-7-3-5-9-17(15)24-18)13-19(23)22-11-10-14-6-2-4-8-16(14)22/h2-9H,10-13H2,1H3. The fraction of sp³-hybridized carbons (Fsp3) is 0.263. The minimum absolute atomic E-state index is 0.156. The largest absolute Gasteiger partial charge is 0.311 e. The number of fused-ring (bicyclic) bond motifs is 2. The van der Waals surface area contributed by atoms with Crippen molar-refractivity contribution in [3.63, 3.8) is 0 Å². The van der Waals surface area contributed by atoms with Crippen LogP contribution in [0, 0.1) is 0 Å². The van der Waals surface area contributed by atoms with Gasteiger partial charge in [-0.15, -0.1) is 11.3 Å². The maximum atomic E-state index is 12.6. The van der Waals surface area contributed by atoms with E-state index >= 15 is 0 Å². The molecule has 0 saturated heterocycles. The highest BCUT2D eigenvalue weighted by atomic mass is 32.1.